The number of rotatable bonds is 6. The monoisotopic (exact) mass is 403 g/mol. The van der Waals surface area contributed by atoms with E-state index in [1.165, 1.54) is 18.4 Å². The zero-order valence-corrected chi connectivity index (χ0v) is 17.0. The number of hydrazine groups is 2. The van der Waals surface area contributed by atoms with Crippen LogP contribution in [0.5, 0.6) is 0 Å². The molecule has 0 spiro atoms. The highest BCUT2D eigenvalue weighted by Gasteiger charge is 2.31. The molecule has 0 bridgehead atoms. The van der Waals surface area contributed by atoms with E-state index in [0.29, 0.717) is 23.6 Å². The van der Waals surface area contributed by atoms with Gasteiger partial charge in [-0.15, -0.1) is 5.53 Å². The van der Waals surface area contributed by atoms with Crippen molar-refractivity contribution in [3.05, 3.63) is 54.1 Å². The Morgan fingerprint density at radius 2 is 2.03 bits per heavy atom. The predicted octanol–water partition coefficient (Wildman–Crippen LogP) is 2.27. The van der Waals surface area contributed by atoms with E-state index in [4.69, 9.17) is 5.73 Å². The summed E-state index contributed by atoms with van der Waals surface area (Å²) in [5, 5.41) is 10.4. The van der Waals surface area contributed by atoms with Gasteiger partial charge < -0.3 is 21.8 Å². The topological polar surface area (TPSA) is 116 Å². The number of nitrogen functional groups attached to an aromatic ring is 1. The van der Waals surface area contributed by atoms with Crippen molar-refractivity contribution in [2.45, 2.75) is 18.9 Å². The highest BCUT2D eigenvalue weighted by atomic mass is 15.7. The molecule has 30 heavy (non-hydrogen) atoms. The quantitative estimate of drug-likeness (QED) is 0.423. The van der Waals surface area contributed by atoms with E-state index in [-0.39, 0.29) is 0 Å². The van der Waals surface area contributed by atoms with Crippen molar-refractivity contribution in [1.82, 2.24) is 36.2 Å². The summed E-state index contributed by atoms with van der Waals surface area (Å²) < 4.78 is 0. The minimum absolute atomic E-state index is 0.366. The van der Waals surface area contributed by atoms with Crippen LogP contribution in [0.25, 0.3) is 16.5 Å². The lowest BCUT2D eigenvalue weighted by Gasteiger charge is -2.17. The Morgan fingerprint density at radius 1 is 1.20 bits per heavy atom. The van der Waals surface area contributed by atoms with Gasteiger partial charge in [0.2, 0.25) is 0 Å². The maximum atomic E-state index is 6.20. The third-order valence-corrected chi connectivity index (χ3v) is 5.61. The first-order valence-electron chi connectivity index (χ1n) is 10.0. The normalized spacial score (nSPS) is 17.0. The number of hydrogen-bond donors (Lipinski definition) is 5. The van der Waals surface area contributed by atoms with E-state index in [9.17, 15) is 0 Å². The van der Waals surface area contributed by atoms with Crippen molar-refractivity contribution in [2.24, 2.45) is 5.92 Å². The second-order valence-electron chi connectivity index (χ2n) is 7.73. The van der Waals surface area contributed by atoms with E-state index in [0.717, 1.165) is 28.0 Å². The Kier molecular flexibility index (Phi) is 4.61. The van der Waals surface area contributed by atoms with E-state index < -0.39 is 0 Å². The van der Waals surface area contributed by atoms with Gasteiger partial charge in [0.1, 0.15) is 17.5 Å². The summed E-state index contributed by atoms with van der Waals surface area (Å²) in [6, 6.07) is 8.50. The molecule has 3 aromatic rings. The molecule has 0 amide bonds. The molecule has 0 radical (unpaired) electrons. The molecule has 1 aliphatic carbocycles. The molecule has 4 heterocycles. The summed E-state index contributed by atoms with van der Waals surface area (Å²) in [6.07, 6.45) is 7.99. The fourth-order valence-corrected chi connectivity index (χ4v) is 3.92. The number of pyridine rings is 3. The average Bonchev–Trinajstić information content (AvgIpc) is 3.48. The molecule has 9 heteroatoms. The van der Waals surface area contributed by atoms with Crippen molar-refractivity contribution in [1.29, 1.82) is 0 Å². The third kappa shape index (κ3) is 3.49. The van der Waals surface area contributed by atoms with Crippen LogP contribution in [-0.2, 0) is 0 Å². The molecule has 3 aromatic heterocycles. The van der Waals surface area contributed by atoms with Crippen LogP contribution in [0, 0.1) is 5.92 Å². The lowest BCUT2D eigenvalue weighted by atomic mass is 10.0. The van der Waals surface area contributed by atoms with E-state index in [1.54, 1.807) is 6.20 Å². The summed E-state index contributed by atoms with van der Waals surface area (Å²) in [7, 11) is 3.92. The van der Waals surface area contributed by atoms with Crippen LogP contribution >= 0.6 is 0 Å². The van der Waals surface area contributed by atoms with Crippen LogP contribution < -0.4 is 27.3 Å². The van der Waals surface area contributed by atoms with Gasteiger partial charge in [0.25, 0.3) is 0 Å². The first-order chi connectivity index (χ1) is 14.6. The molecule has 1 aliphatic heterocycles. The zero-order chi connectivity index (χ0) is 20.7. The number of nitrogens with zero attached hydrogens (tertiary/aromatic N) is 4. The van der Waals surface area contributed by atoms with E-state index in [2.05, 4.69) is 48.7 Å². The number of fused-ring (bicyclic) bond motifs is 1. The second-order valence-corrected chi connectivity index (χ2v) is 7.73. The summed E-state index contributed by atoms with van der Waals surface area (Å²) >= 11 is 0. The average molecular weight is 403 g/mol. The third-order valence-electron chi connectivity index (χ3n) is 5.61. The van der Waals surface area contributed by atoms with Crippen LogP contribution in [0.3, 0.4) is 0 Å². The van der Waals surface area contributed by atoms with E-state index in [1.807, 2.05) is 43.6 Å². The Balaban J connectivity index is 1.45. The smallest absolute Gasteiger partial charge is 0.133 e. The molecule has 6 N–H and O–H groups in total. The Bertz CT molecular complexity index is 1120. The number of anilines is 3. The molecule has 9 nitrogen and oxygen atoms in total. The molecule has 1 fully saturated rings. The van der Waals surface area contributed by atoms with Gasteiger partial charge in [-0.3, -0.25) is 5.01 Å². The fraction of sp³-hybridized carbons (Fsp3) is 0.286. The molecule has 154 valence electrons. The summed E-state index contributed by atoms with van der Waals surface area (Å²) in [6.45, 7) is 0. The molecule has 2 aliphatic rings. The Morgan fingerprint density at radius 3 is 2.77 bits per heavy atom. The molecule has 1 saturated carbocycles. The largest absolute Gasteiger partial charge is 0.383 e. The highest BCUT2D eigenvalue weighted by molar-refractivity contribution is 5.93. The summed E-state index contributed by atoms with van der Waals surface area (Å²) in [5.41, 5.74) is 15.1. The van der Waals surface area contributed by atoms with Crippen LogP contribution in [0.15, 0.2) is 42.9 Å². The first-order valence-corrected chi connectivity index (χ1v) is 10.0. The maximum absolute atomic E-state index is 6.20. The maximum Gasteiger partial charge on any atom is 0.133 e. The van der Waals surface area contributed by atoms with Crippen LogP contribution in [0.2, 0.25) is 0 Å². The van der Waals surface area contributed by atoms with Gasteiger partial charge in [-0.2, -0.15) is 0 Å². The van der Waals surface area contributed by atoms with Gasteiger partial charge in [-0.1, -0.05) is 0 Å². The number of hydrogen-bond acceptors (Lipinski definition) is 9. The first kappa shape index (κ1) is 18.6. The highest BCUT2D eigenvalue weighted by Crippen LogP contribution is 2.41. The predicted molar refractivity (Wildman–Crippen MR) is 118 cm³/mol. The molecule has 1 atom stereocenters. The SMILES string of the molecule is CN[C@@H](c1ccnc(Nc2cc3cc(C4=CNNN4C)nc(N)c3cn2)c1)C1CC1. The fourth-order valence-electron chi connectivity index (χ4n) is 3.92. The second kappa shape index (κ2) is 7.43. The number of nitrogens with two attached hydrogens (primary N) is 1. The van der Waals surface area contributed by atoms with Crippen LogP contribution in [-0.4, -0.2) is 34.1 Å². The molecular formula is C21H25N9. The van der Waals surface area contributed by atoms with Crippen molar-refractivity contribution < 1.29 is 0 Å². The van der Waals surface area contributed by atoms with Crippen molar-refractivity contribution in [3.8, 4) is 0 Å². The molecule has 0 aromatic carbocycles. The van der Waals surface area contributed by atoms with Gasteiger partial charge in [0.15, 0.2) is 0 Å². The Hall–Kier alpha value is -3.43. The number of nitrogens with one attached hydrogen (secondary N) is 4. The molecule has 0 saturated heterocycles. The van der Waals surface area contributed by atoms with Crippen molar-refractivity contribution in [3.63, 3.8) is 0 Å². The van der Waals surface area contributed by atoms with E-state index >= 15 is 0 Å². The number of aromatic nitrogens is 3. The summed E-state index contributed by atoms with van der Waals surface area (Å²) in [5.74, 6) is 2.64. The molecular weight excluding hydrogens is 378 g/mol. The minimum Gasteiger partial charge on any atom is -0.383 e. The van der Waals surface area contributed by atoms with Gasteiger partial charge in [0.05, 0.1) is 11.4 Å². The standard InChI is InChI=1S/C21H25N9/c1-23-20(12-3-4-12)13-5-6-24-18(8-13)28-19-9-14-7-16(17-11-26-29-30(17)2)27-21(22)15(14)10-25-19/h5-12,20,23,26,29H,3-4H2,1-2H3,(H2,22,27)(H,24,25,28)/t20-/m1/s1. The van der Waals surface area contributed by atoms with Gasteiger partial charge >= 0.3 is 0 Å². The van der Waals surface area contributed by atoms with Gasteiger partial charge in [-0.25, -0.2) is 15.0 Å². The van der Waals surface area contributed by atoms with Gasteiger partial charge in [-0.05, 0) is 61.0 Å². The van der Waals surface area contributed by atoms with Crippen molar-refractivity contribution >= 4 is 33.9 Å². The molecule has 5 rings (SSSR count). The minimum atomic E-state index is 0.366. The van der Waals surface area contributed by atoms with Crippen LogP contribution in [0.1, 0.15) is 30.1 Å². The zero-order valence-electron chi connectivity index (χ0n) is 17.0. The van der Waals surface area contributed by atoms with Gasteiger partial charge in [0, 0.05) is 37.1 Å². The van der Waals surface area contributed by atoms with Crippen molar-refractivity contribution in [2.75, 3.05) is 25.1 Å². The lowest BCUT2D eigenvalue weighted by Crippen LogP contribution is -2.33. The Labute approximate surface area is 174 Å². The lowest BCUT2D eigenvalue weighted by molar-refractivity contribution is 0.343. The summed E-state index contributed by atoms with van der Waals surface area (Å²) in [4.78, 5) is 13.5. The van der Waals surface area contributed by atoms with Crippen LogP contribution in [0.4, 0.5) is 17.5 Å². The molecule has 0 unspecified atom stereocenters.